The third kappa shape index (κ3) is 3.48. The predicted molar refractivity (Wildman–Crippen MR) is 102 cm³/mol. The maximum Gasteiger partial charge on any atom is 0.256 e. The number of amides is 2. The Labute approximate surface area is 161 Å². The first kappa shape index (κ1) is 18.4. The number of piperazine rings is 1. The van der Waals surface area contributed by atoms with E-state index in [2.05, 4.69) is 11.9 Å². The smallest absolute Gasteiger partial charge is 0.256 e. The Bertz CT molecular complexity index is 679. The van der Waals surface area contributed by atoms with E-state index in [1.165, 1.54) is 0 Å². The molecule has 6 nitrogen and oxygen atoms in total. The molecule has 0 radical (unpaired) electrons. The van der Waals surface area contributed by atoms with E-state index in [0.717, 1.165) is 45.2 Å². The van der Waals surface area contributed by atoms with Crippen molar-refractivity contribution < 1.29 is 14.3 Å². The summed E-state index contributed by atoms with van der Waals surface area (Å²) in [6, 6.07) is 8.78. The number of carbonyl (C=O) groups excluding carboxylic acids is 2. The van der Waals surface area contributed by atoms with Crippen molar-refractivity contribution in [3.8, 4) is 0 Å². The van der Waals surface area contributed by atoms with Gasteiger partial charge in [0.25, 0.3) is 5.91 Å². The van der Waals surface area contributed by atoms with Gasteiger partial charge in [0.15, 0.2) is 0 Å². The van der Waals surface area contributed by atoms with E-state index in [-0.39, 0.29) is 11.8 Å². The zero-order valence-corrected chi connectivity index (χ0v) is 16.1. The third-order valence-corrected chi connectivity index (χ3v) is 6.23. The van der Waals surface area contributed by atoms with Crippen molar-refractivity contribution in [1.82, 2.24) is 14.7 Å². The molecule has 1 spiro atoms. The second-order valence-corrected chi connectivity index (χ2v) is 8.00. The fourth-order valence-electron chi connectivity index (χ4n) is 4.62. The number of carbonyl (C=O) groups is 2. The number of hydrogen-bond donors (Lipinski definition) is 0. The summed E-state index contributed by atoms with van der Waals surface area (Å²) in [5, 5.41) is 0. The van der Waals surface area contributed by atoms with Gasteiger partial charge in [0.05, 0.1) is 6.61 Å². The molecule has 1 saturated carbocycles. The highest BCUT2D eigenvalue weighted by Crippen LogP contribution is 2.41. The quantitative estimate of drug-likeness (QED) is 0.798. The summed E-state index contributed by atoms with van der Waals surface area (Å²) in [6.45, 7) is 3.48. The highest BCUT2D eigenvalue weighted by Gasteiger charge is 2.53. The van der Waals surface area contributed by atoms with Gasteiger partial charge in [-0.05, 0) is 44.9 Å². The summed E-state index contributed by atoms with van der Waals surface area (Å²) in [5.74, 6) is -0.0442. The van der Waals surface area contributed by atoms with Crippen LogP contribution in [0.5, 0.6) is 0 Å². The van der Waals surface area contributed by atoms with Crippen molar-refractivity contribution in [3.05, 3.63) is 35.9 Å². The summed E-state index contributed by atoms with van der Waals surface area (Å²) in [5.41, 5.74) is 0.0158. The molecule has 3 aliphatic rings. The van der Waals surface area contributed by atoms with Gasteiger partial charge in [-0.25, -0.2) is 0 Å². The van der Waals surface area contributed by atoms with Crippen LogP contribution in [-0.4, -0.2) is 78.1 Å². The number of ether oxygens (including phenoxy) is 1. The molecule has 1 aliphatic carbocycles. The molecule has 0 N–H and O–H groups in total. The number of rotatable bonds is 2. The van der Waals surface area contributed by atoms with Crippen LogP contribution in [0, 0.1) is 0 Å². The molecule has 146 valence electrons. The second-order valence-electron chi connectivity index (χ2n) is 8.00. The molecule has 1 aromatic carbocycles. The van der Waals surface area contributed by atoms with Gasteiger partial charge in [-0.3, -0.25) is 14.5 Å². The maximum absolute atomic E-state index is 13.4. The van der Waals surface area contributed by atoms with Gasteiger partial charge in [0.2, 0.25) is 5.91 Å². The van der Waals surface area contributed by atoms with Crippen LogP contribution in [0.3, 0.4) is 0 Å². The Morgan fingerprint density at radius 2 is 1.67 bits per heavy atom. The van der Waals surface area contributed by atoms with Crippen LogP contribution in [-0.2, 0) is 9.53 Å². The van der Waals surface area contributed by atoms with Crippen LogP contribution in [0.1, 0.15) is 42.5 Å². The van der Waals surface area contributed by atoms with Crippen molar-refractivity contribution in [2.75, 3.05) is 39.8 Å². The minimum atomic E-state index is -0.613. The Balaban J connectivity index is 1.62. The number of hydrogen-bond acceptors (Lipinski definition) is 4. The molecular weight excluding hydrogens is 342 g/mol. The molecule has 2 amide bonds. The minimum absolute atomic E-state index is 0.0369. The van der Waals surface area contributed by atoms with E-state index < -0.39 is 11.8 Å². The zero-order valence-electron chi connectivity index (χ0n) is 16.1. The fraction of sp³-hybridized carbons (Fsp3) is 0.619. The van der Waals surface area contributed by atoms with E-state index in [9.17, 15) is 9.59 Å². The van der Waals surface area contributed by atoms with Gasteiger partial charge >= 0.3 is 0 Å². The summed E-state index contributed by atoms with van der Waals surface area (Å²) >= 11 is 0. The van der Waals surface area contributed by atoms with Crippen molar-refractivity contribution in [2.24, 2.45) is 0 Å². The maximum atomic E-state index is 13.4. The van der Waals surface area contributed by atoms with E-state index in [1.54, 1.807) is 4.90 Å². The lowest BCUT2D eigenvalue weighted by Crippen LogP contribution is -2.58. The summed E-state index contributed by atoms with van der Waals surface area (Å²) in [7, 11) is 2.07. The van der Waals surface area contributed by atoms with Crippen molar-refractivity contribution in [2.45, 2.75) is 43.9 Å². The molecule has 0 unspecified atom stereocenters. The fourth-order valence-corrected chi connectivity index (χ4v) is 4.62. The lowest BCUT2D eigenvalue weighted by atomic mass is 9.89. The molecule has 1 atom stereocenters. The average molecular weight is 371 g/mol. The van der Waals surface area contributed by atoms with Gasteiger partial charge in [0.1, 0.15) is 11.8 Å². The van der Waals surface area contributed by atoms with Crippen LogP contribution < -0.4 is 0 Å². The topological polar surface area (TPSA) is 53.1 Å². The van der Waals surface area contributed by atoms with Crippen LogP contribution >= 0.6 is 0 Å². The highest BCUT2D eigenvalue weighted by molar-refractivity contribution is 5.98. The Morgan fingerprint density at radius 1 is 1.00 bits per heavy atom. The van der Waals surface area contributed by atoms with Crippen molar-refractivity contribution >= 4 is 11.8 Å². The molecular formula is C21H29N3O3. The number of nitrogens with zero attached hydrogens (tertiary/aromatic N) is 3. The zero-order chi connectivity index (χ0) is 18.9. The minimum Gasteiger partial charge on any atom is -0.353 e. The molecule has 4 rings (SSSR count). The normalized spacial score (nSPS) is 25.7. The lowest BCUT2D eigenvalue weighted by Gasteiger charge is -2.42. The summed E-state index contributed by atoms with van der Waals surface area (Å²) < 4.78 is 6.23. The van der Waals surface area contributed by atoms with Crippen molar-refractivity contribution in [3.63, 3.8) is 0 Å². The molecule has 6 heteroatoms. The molecule has 2 aliphatic heterocycles. The molecule has 3 fully saturated rings. The second kappa shape index (κ2) is 7.60. The Kier molecular flexibility index (Phi) is 5.19. The monoisotopic (exact) mass is 371 g/mol. The molecule has 27 heavy (non-hydrogen) atoms. The highest BCUT2D eigenvalue weighted by atomic mass is 16.5. The van der Waals surface area contributed by atoms with Crippen LogP contribution in [0.25, 0.3) is 0 Å². The SMILES string of the molecule is CN1CCN(C(=O)[C@H]2COC3(CCCCC3)N2C(=O)c2ccccc2)CC1. The van der Waals surface area contributed by atoms with Crippen LogP contribution in [0.2, 0.25) is 0 Å². The van der Waals surface area contributed by atoms with E-state index in [4.69, 9.17) is 4.74 Å². The van der Waals surface area contributed by atoms with Gasteiger partial charge in [-0.1, -0.05) is 24.6 Å². The van der Waals surface area contributed by atoms with Gasteiger partial charge in [0, 0.05) is 31.7 Å². The predicted octanol–water partition coefficient (Wildman–Crippen LogP) is 1.96. The van der Waals surface area contributed by atoms with Gasteiger partial charge in [-0.15, -0.1) is 0 Å². The molecule has 0 aromatic heterocycles. The van der Waals surface area contributed by atoms with Crippen LogP contribution in [0.15, 0.2) is 30.3 Å². The third-order valence-electron chi connectivity index (χ3n) is 6.23. The Hall–Kier alpha value is -1.92. The van der Waals surface area contributed by atoms with Crippen molar-refractivity contribution in [1.29, 1.82) is 0 Å². The average Bonchev–Trinajstić information content (AvgIpc) is 3.07. The first-order valence-electron chi connectivity index (χ1n) is 10.1. The largest absolute Gasteiger partial charge is 0.353 e. The van der Waals surface area contributed by atoms with Crippen LogP contribution in [0.4, 0.5) is 0 Å². The first-order chi connectivity index (χ1) is 13.1. The summed E-state index contributed by atoms with van der Waals surface area (Å²) in [6.07, 6.45) is 4.87. The van der Waals surface area contributed by atoms with Gasteiger partial charge < -0.3 is 14.5 Å². The molecule has 2 heterocycles. The summed E-state index contributed by atoms with van der Waals surface area (Å²) in [4.78, 5) is 32.7. The molecule has 0 bridgehead atoms. The Morgan fingerprint density at radius 3 is 2.33 bits per heavy atom. The number of benzene rings is 1. The first-order valence-corrected chi connectivity index (χ1v) is 10.1. The standard InChI is InChI=1S/C21H29N3O3/c1-22-12-14-23(15-13-22)20(26)18-16-27-21(10-6-3-7-11-21)24(18)19(25)17-8-4-2-5-9-17/h2,4-5,8-9,18H,3,6-7,10-16H2,1H3/t18-/m1/s1. The van der Waals surface area contributed by atoms with E-state index in [1.807, 2.05) is 35.2 Å². The lowest BCUT2D eigenvalue weighted by molar-refractivity contribution is -0.138. The molecule has 2 saturated heterocycles. The number of likely N-dealkylation sites (N-methyl/N-ethyl adjacent to an activating group) is 1. The van der Waals surface area contributed by atoms with E-state index >= 15 is 0 Å². The van der Waals surface area contributed by atoms with Gasteiger partial charge in [-0.2, -0.15) is 0 Å². The molecule has 1 aromatic rings. The van der Waals surface area contributed by atoms with E-state index in [0.29, 0.717) is 25.3 Å².